The molecular formula is C24H23F3N6O2. The first-order chi connectivity index (χ1) is 16.9. The van der Waals surface area contributed by atoms with Gasteiger partial charge in [0.15, 0.2) is 5.82 Å². The maximum atomic E-state index is 14.7. The van der Waals surface area contributed by atoms with Crippen molar-refractivity contribution < 1.29 is 22.7 Å². The number of amides is 1. The molecule has 182 valence electrons. The molecule has 35 heavy (non-hydrogen) atoms. The highest BCUT2D eigenvalue weighted by Gasteiger charge is 2.40. The van der Waals surface area contributed by atoms with E-state index in [0.717, 1.165) is 0 Å². The predicted molar refractivity (Wildman–Crippen MR) is 124 cm³/mol. The van der Waals surface area contributed by atoms with E-state index in [-0.39, 0.29) is 35.6 Å². The van der Waals surface area contributed by atoms with Gasteiger partial charge in [0.05, 0.1) is 31.0 Å². The van der Waals surface area contributed by atoms with Crippen molar-refractivity contribution in [3.63, 3.8) is 0 Å². The molecule has 2 aliphatic rings. The number of pyridine rings is 1. The van der Waals surface area contributed by atoms with E-state index < -0.39 is 24.2 Å². The van der Waals surface area contributed by atoms with E-state index in [9.17, 15) is 18.0 Å². The van der Waals surface area contributed by atoms with Crippen LogP contribution >= 0.6 is 0 Å². The van der Waals surface area contributed by atoms with Gasteiger partial charge in [0.1, 0.15) is 5.82 Å². The van der Waals surface area contributed by atoms with Crippen molar-refractivity contribution in [1.29, 1.82) is 0 Å². The van der Waals surface area contributed by atoms with Crippen molar-refractivity contribution in [3.8, 4) is 11.1 Å². The molecule has 0 spiro atoms. The number of benzene rings is 1. The number of halogens is 3. The molecule has 5 rings (SSSR count). The second-order valence-corrected chi connectivity index (χ2v) is 8.39. The summed E-state index contributed by atoms with van der Waals surface area (Å²) >= 11 is 0. The number of ether oxygens (including phenoxy) is 1. The van der Waals surface area contributed by atoms with Crippen LogP contribution in [0.1, 0.15) is 16.8 Å². The van der Waals surface area contributed by atoms with Gasteiger partial charge < -0.3 is 19.9 Å². The zero-order valence-electron chi connectivity index (χ0n) is 18.8. The molecule has 8 nitrogen and oxygen atoms in total. The summed E-state index contributed by atoms with van der Waals surface area (Å²) in [6, 6.07) is 7.61. The van der Waals surface area contributed by atoms with Gasteiger partial charge in [-0.3, -0.25) is 4.79 Å². The van der Waals surface area contributed by atoms with Crippen LogP contribution in [0.4, 0.5) is 30.6 Å². The van der Waals surface area contributed by atoms with Crippen molar-refractivity contribution in [2.45, 2.75) is 12.3 Å². The molecule has 4 heterocycles. The van der Waals surface area contributed by atoms with Crippen molar-refractivity contribution in [2.24, 2.45) is 0 Å². The lowest BCUT2D eigenvalue weighted by Gasteiger charge is -2.26. The number of aromatic nitrogens is 3. The maximum Gasteiger partial charge on any atom is 0.266 e. The minimum atomic E-state index is -2.87. The lowest BCUT2D eigenvalue weighted by molar-refractivity contribution is 0.0257. The van der Waals surface area contributed by atoms with Gasteiger partial charge in [0, 0.05) is 55.8 Å². The molecule has 1 N–H and O–H groups in total. The summed E-state index contributed by atoms with van der Waals surface area (Å²) < 4.78 is 47.9. The number of nitrogens with one attached hydrogen (secondary N) is 1. The molecule has 3 aromatic rings. The van der Waals surface area contributed by atoms with Crippen molar-refractivity contribution in [3.05, 3.63) is 60.3 Å². The Balaban J connectivity index is 1.47. The minimum Gasteiger partial charge on any atom is -0.378 e. The first-order valence-electron chi connectivity index (χ1n) is 11.2. The first kappa shape index (κ1) is 23.0. The molecule has 0 bridgehead atoms. The summed E-state index contributed by atoms with van der Waals surface area (Å²) in [6.45, 7) is 1.96. The van der Waals surface area contributed by atoms with Crippen LogP contribution in [0.5, 0.6) is 0 Å². The monoisotopic (exact) mass is 484 g/mol. The Kier molecular flexibility index (Phi) is 6.25. The molecule has 2 aliphatic heterocycles. The second kappa shape index (κ2) is 9.49. The fourth-order valence-corrected chi connectivity index (χ4v) is 4.19. The highest BCUT2D eigenvalue weighted by molar-refractivity contribution is 6.08. The van der Waals surface area contributed by atoms with E-state index in [1.165, 1.54) is 29.6 Å². The minimum absolute atomic E-state index is 0.0565. The Morgan fingerprint density at radius 3 is 2.40 bits per heavy atom. The Hall–Kier alpha value is -3.73. The number of nitrogens with zero attached hydrogens (tertiary/aromatic N) is 5. The number of hydrogen-bond donors (Lipinski definition) is 1. The topological polar surface area (TPSA) is 83.5 Å². The molecule has 1 aromatic carbocycles. The van der Waals surface area contributed by atoms with Gasteiger partial charge in [0.2, 0.25) is 5.95 Å². The Morgan fingerprint density at radius 2 is 1.71 bits per heavy atom. The van der Waals surface area contributed by atoms with Gasteiger partial charge in [-0.25, -0.2) is 28.1 Å². The van der Waals surface area contributed by atoms with Crippen LogP contribution in [0.2, 0.25) is 0 Å². The van der Waals surface area contributed by atoms with Crippen LogP contribution in [-0.4, -0.2) is 66.2 Å². The number of anilines is 3. The third-order valence-corrected chi connectivity index (χ3v) is 6.00. The molecule has 0 atom stereocenters. The number of rotatable bonds is 5. The van der Waals surface area contributed by atoms with Crippen molar-refractivity contribution in [1.82, 2.24) is 15.0 Å². The smallest absolute Gasteiger partial charge is 0.266 e. The van der Waals surface area contributed by atoms with Crippen LogP contribution < -0.4 is 15.1 Å². The molecule has 11 heteroatoms. The van der Waals surface area contributed by atoms with E-state index in [1.54, 1.807) is 24.3 Å². The number of morpholine rings is 1. The standard InChI is InChI=1S/C24H23F3N6O2/c25-19-4-2-1-3-17(19)18-5-7-28-21(33-8-6-24(26,27)15-33)20(18)31-22(34)16-13-29-23(30-14-16)32-9-11-35-12-10-32/h1-5,7,13-14H,6,8-12,15H2,(H,31,34). The molecule has 2 saturated heterocycles. The third-order valence-electron chi connectivity index (χ3n) is 6.00. The molecule has 0 radical (unpaired) electrons. The molecule has 1 amide bonds. The lowest BCUT2D eigenvalue weighted by Crippen LogP contribution is -2.37. The summed E-state index contributed by atoms with van der Waals surface area (Å²) in [6.07, 6.45) is 3.89. The molecule has 0 unspecified atom stereocenters. The van der Waals surface area contributed by atoms with Crippen molar-refractivity contribution >= 4 is 23.4 Å². The Labute approximate surface area is 199 Å². The first-order valence-corrected chi connectivity index (χ1v) is 11.2. The van der Waals surface area contributed by atoms with Crippen LogP contribution in [0.15, 0.2) is 48.9 Å². The average Bonchev–Trinajstić information content (AvgIpc) is 3.24. The van der Waals surface area contributed by atoms with E-state index >= 15 is 0 Å². The van der Waals surface area contributed by atoms with Gasteiger partial charge in [-0.2, -0.15) is 0 Å². The Morgan fingerprint density at radius 1 is 0.971 bits per heavy atom. The summed E-state index contributed by atoms with van der Waals surface area (Å²) in [5, 5.41) is 2.76. The summed E-state index contributed by atoms with van der Waals surface area (Å²) in [5.74, 6) is -3.30. The summed E-state index contributed by atoms with van der Waals surface area (Å²) in [4.78, 5) is 29.4. The molecule has 0 saturated carbocycles. The van der Waals surface area contributed by atoms with Crippen LogP contribution in [0.25, 0.3) is 11.1 Å². The lowest BCUT2D eigenvalue weighted by atomic mass is 10.0. The highest BCUT2D eigenvalue weighted by atomic mass is 19.3. The Bertz CT molecular complexity index is 1220. The number of hydrogen-bond acceptors (Lipinski definition) is 7. The second-order valence-electron chi connectivity index (χ2n) is 8.39. The predicted octanol–water partition coefficient (Wildman–Crippen LogP) is 3.61. The zero-order valence-corrected chi connectivity index (χ0v) is 18.8. The fourth-order valence-electron chi connectivity index (χ4n) is 4.19. The van der Waals surface area contributed by atoms with Gasteiger partial charge in [0.25, 0.3) is 11.8 Å². The quantitative estimate of drug-likeness (QED) is 0.592. The normalized spacial score (nSPS) is 17.5. The average molecular weight is 484 g/mol. The number of alkyl halides is 2. The van der Waals surface area contributed by atoms with Gasteiger partial charge in [-0.15, -0.1) is 0 Å². The zero-order chi connectivity index (χ0) is 24.4. The van der Waals surface area contributed by atoms with E-state index in [1.807, 2.05) is 4.90 Å². The van der Waals surface area contributed by atoms with Crippen molar-refractivity contribution in [2.75, 3.05) is 54.5 Å². The summed E-state index contributed by atoms with van der Waals surface area (Å²) in [5.41, 5.74) is 0.874. The third kappa shape index (κ3) is 4.90. The summed E-state index contributed by atoms with van der Waals surface area (Å²) in [7, 11) is 0. The van der Waals surface area contributed by atoms with Crippen LogP contribution in [0.3, 0.4) is 0 Å². The van der Waals surface area contributed by atoms with Gasteiger partial charge >= 0.3 is 0 Å². The maximum absolute atomic E-state index is 14.7. The number of carbonyl (C=O) groups is 1. The van der Waals surface area contributed by atoms with Gasteiger partial charge in [-0.05, 0) is 12.1 Å². The van der Waals surface area contributed by atoms with Crippen LogP contribution in [-0.2, 0) is 4.74 Å². The largest absolute Gasteiger partial charge is 0.378 e. The van der Waals surface area contributed by atoms with E-state index in [2.05, 4.69) is 20.3 Å². The molecule has 2 aromatic heterocycles. The van der Waals surface area contributed by atoms with E-state index in [0.29, 0.717) is 37.8 Å². The molecule has 0 aliphatic carbocycles. The highest BCUT2D eigenvalue weighted by Crippen LogP contribution is 2.39. The van der Waals surface area contributed by atoms with E-state index in [4.69, 9.17) is 4.74 Å². The van der Waals surface area contributed by atoms with Crippen LogP contribution in [0, 0.1) is 5.82 Å². The number of carbonyl (C=O) groups excluding carboxylic acids is 1. The fraction of sp³-hybridized carbons (Fsp3) is 0.333. The van der Waals surface area contributed by atoms with Gasteiger partial charge in [-0.1, -0.05) is 18.2 Å². The molecule has 2 fully saturated rings. The SMILES string of the molecule is O=C(Nc1c(-c2ccccc2F)ccnc1N1CCC(F)(F)C1)c1cnc(N2CCOCC2)nc1. The molecular weight excluding hydrogens is 461 g/mol.